The highest BCUT2D eigenvalue weighted by atomic mass is 32.2. The number of nitrogens with zero attached hydrogens (tertiary/aromatic N) is 1. The van der Waals surface area contributed by atoms with Gasteiger partial charge in [0.05, 0.1) is 0 Å². The van der Waals surface area contributed by atoms with Crippen LogP contribution in [0.5, 0.6) is 5.75 Å². The first-order valence-corrected chi connectivity index (χ1v) is 9.12. The second-order valence-electron chi connectivity index (χ2n) is 5.37. The minimum Gasteiger partial charge on any atom is -0.370 e. The molecule has 0 amide bonds. The van der Waals surface area contributed by atoms with Gasteiger partial charge in [-0.05, 0) is 36.6 Å². The Hall–Kier alpha value is -1.85. The van der Waals surface area contributed by atoms with E-state index in [-0.39, 0.29) is 0 Å². The van der Waals surface area contributed by atoms with Gasteiger partial charge in [0.25, 0.3) is 0 Å². The summed E-state index contributed by atoms with van der Waals surface area (Å²) in [6, 6.07) is 13.2. The number of benzene rings is 2. The lowest BCUT2D eigenvalue weighted by molar-refractivity contribution is 0.376. The third kappa shape index (κ3) is 3.74. The van der Waals surface area contributed by atoms with Crippen molar-refractivity contribution in [3.8, 4) is 16.9 Å². The molecule has 0 saturated heterocycles. The van der Waals surface area contributed by atoms with Crippen molar-refractivity contribution in [1.82, 2.24) is 4.31 Å². The molecular weight excluding hydrogens is 310 g/mol. The monoisotopic (exact) mass is 333 g/mol. The molecule has 5 heteroatoms. The van der Waals surface area contributed by atoms with Crippen LogP contribution in [0.4, 0.5) is 0 Å². The lowest BCUT2D eigenvalue weighted by atomic mass is 9.96. The zero-order chi connectivity index (χ0) is 17.0. The number of para-hydroxylation sites is 1. The normalized spacial score (nSPS) is 11.7. The lowest BCUT2D eigenvalue weighted by Gasteiger charge is -2.20. The molecule has 0 fully saturated rings. The summed E-state index contributed by atoms with van der Waals surface area (Å²) in [5, 5.41) is 0. The van der Waals surface area contributed by atoms with Gasteiger partial charge < -0.3 is 4.18 Å². The van der Waals surface area contributed by atoms with E-state index < -0.39 is 10.3 Å². The number of aryl methyl sites for hydroxylation is 1. The molecule has 0 spiro atoms. The van der Waals surface area contributed by atoms with Crippen molar-refractivity contribution in [2.75, 3.05) is 13.1 Å². The first-order valence-electron chi connectivity index (χ1n) is 7.75. The van der Waals surface area contributed by atoms with Crippen LogP contribution in [-0.2, 0) is 10.3 Å². The Kier molecular flexibility index (Phi) is 5.44. The van der Waals surface area contributed by atoms with Gasteiger partial charge in [-0.3, -0.25) is 0 Å². The molecule has 2 aromatic rings. The van der Waals surface area contributed by atoms with Crippen molar-refractivity contribution in [2.45, 2.75) is 27.7 Å². The van der Waals surface area contributed by atoms with E-state index in [1.165, 1.54) is 4.31 Å². The maximum absolute atomic E-state index is 12.4. The summed E-state index contributed by atoms with van der Waals surface area (Å²) in [5.74, 6) is 0.355. The van der Waals surface area contributed by atoms with Crippen molar-refractivity contribution >= 4 is 10.3 Å². The minimum atomic E-state index is -3.80. The van der Waals surface area contributed by atoms with E-state index in [9.17, 15) is 8.42 Å². The summed E-state index contributed by atoms with van der Waals surface area (Å²) in [5.41, 5.74) is 4.03. The van der Waals surface area contributed by atoms with E-state index in [4.69, 9.17) is 4.18 Å². The first kappa shape index (κ1) is 17.5. The molecule has 2 aromatic carbocycles. The van der Waals surface area contributed by atoms with Crippen LogP contribution >= 0.6 is 0 Å². The van der Waals surface area contributed by atoms with Crippen molar-refractivity contribution in [1.29, 1.82) is 0 Å². The molecule has 2 rings (SSSR count). The second kappa shape index (κ2) is 7.15. The zero-order valence-electron chi connectivity index (χ0n) is 14.0. The third-order valence-electron chi connectivity index (χ3n) is 4.00. The summed E-state index contributed by atoms with van der Waals surface area (Å²) in [6.45, 7) is 8.41. The Balaban J connectivity index is 2.49. The van der Waals surface area contributed by atoms with Crippen LogP contribution in [0, 0.1) is 13.8 Å². The van der Waals surface area contributed by atoms with E-state index in [0.29, 0.717) is 18.8 Å². The lowest BCUT2D eigenvalue weighted by Crippen LogP contribution is -2.34. The van der Waals surface area contributed by atoms with Gasteiger partial charge >= 0.3 is 10.3 Å². The largest absolute Gasteiger partial charge is 0.385 e. The first-order chi connectivity index (χ1) is 10.9. The van der Waals surface area contributed by atoms with Crippen LogP contribution in [0.25, 0.3) is 11.1 Å². The highest BCUT2D eigenvalue weighted by molar-refractivity contribution is 7.84. The Morgan fingerprint density at radius 3 is 2.17 bits per heavy atom. The molecule has 124 valence electrons. The predicted octanol–water partition coefficient (Wildman–Crippen LogP) is 3.94. The number of hydrogen-bond acceptors (Lipinski definition) is 3. The van der Waals surface area contributed by atoms with Crippen molar-refractivity contribution in [3.05, 3.63) is 53.6 Å². The minimum absolute atomic E-state index is 0.355. The Morgan fingerprint density at radius 2 is 1.52 bits per heavy atom. The van der Waals surface area contributed by atoms with Gasteiger partial charge in [-0.1, -0.05) is 50.2 Å². The van der Waals surface area contributed by atoms with E-state index in [2.05, 4.69) is 0 Å². The summed E-state index contributed by atoms with van der Waals surface area (Å²) < 4.78 is 31.5. The molecular formula is C18H23NO3S. The van der Waals surface area contributed by atoms with Gasteiger partial charge in [0.15, 0.2) is 5.75 Å². The molecule has 0 aliphatic rings. The van der Waals surface area contributed by atoms with Gasteiger partial charge in [0, 0.05) is 18.7 Å². The van der Waals surface area contributed by atoms with Gasteiger partial charge in [0.1, 0.15) is 0 Å². The fourth-order valence-corrected chi connectivity index (χ4v) is 3.62. The SMILES string of the molecule is CCN(CC)S(=O)(=O)Oc1ccccc1-c1cccc(C)c1C. The average Bonchev–Trinajstić information content (AvgIpc) is 2.51. The second-order valence-corrected chi connectivity index (χ2v) is 6.91. The Labute approximate surface area is 139 Å². The zero-order valence-corrected chi connectivity index (χ0v) is 14.9. The number of hydrogen-bond donors (Lipinski definition) is 0. The van der Waals surface area contributed by atoms with E-state index >= 15 is 0 Å². The van der Waals surface area contributed by atoms with Crippen LogP contribution in [-0.4, -0.2) is 25.8 Å². The van der Waals surface area contributed by atoms with Crippen LogP contribution in [0.3, 0.4) is 0 Å². The summed E-state index contributed by atoms with van der Waals surface area (Å²) >= 11 is 0. The van der Waals surface area contributed by atoms with Gasteiger partial charge in [0.2, 0.25) is 0 Å². The average molecular weight is 333 g/mol. The molecule has 0 heterocycles. The van der Waals surface area contributed by atoms with Crippen molar-refractivity contribution < 1.29 is 12.6 Å². The molecule has 0 radical (unpaired) electrons. The fourth-order valence-electron chi connectivity index (χ4n) is 2.51. The smallest absolute Gasteiger partial charge is 0.370 e. The summed E-state index contributed by atoms with van der Waals surface area (Å²) in [6.07, 6.45) is 0. The molecule has 4 nitrogen and oxygen atoms in total. The van der Waals surface area contributed by atoms with Gasteiger partial charge in [-0.25, -0.2) is 0 Å². The molecule has 0 saturated carbocycles. The van der Waals surface area contributed by atoms with Crippen molar-refractivity contribution in [2.24, 2.45) is 0 Å². The molecule has 0 N–H and O–H groups in total. The molecule has 0 aromatic heterocycles. The van der Waals surface area contributed by atoms with Crippen molar-refractivity contribution in [3.63, 3.8) is 0 Å². The summed E-state index contributed by atoms with van der Waals surface area (Å²) in [4.78, 5) is 0. The highest BCUT2D eigenvalue weighted by Gasteiger charge is 2.22. The molecule has 0 unspecified atom stereocenters. The molecule has 0 bridgehead atoms. The Bertz CT molecular complexity index is 781. The van der Waals surface area contributed by atoms with E-state index in [1.807, 2.05) is 44.2 Å². The maximum Gasteiger partial charge on any atom is 0.385 e. The van der Waals surface area contributed by atoms with Crippen LogP contribution in [0.1, 0.15) is 25.0 Å². The molecule has 0 aliphatic carbocycles. The molecule has 0 atom stereocenters. The molecule has 23 heavy (non-hydrogen) atoms. The molecule has 0 aliphatic heterocycles. The van der Waals surface area contributed by atoms with Crippen LogP contribution in [0.2, 0.25) is 0 Å². The Morgan fingerprint density at radius 1 is 0.913 bits per heavy atom. The van der Waals surface area contributed by atoms with Crippen LogP contribution < -0.4 is 4.18 Å². The highest BCUT2D eigenvalue weighted by Crippen LogP contribution is 2.34. The fraction of sp³-hybridized carbons (Fsp3) is 0.333. The van der Waals surface area contributed by atoms with E-state index in [0.717, 1.165) is 22.3 Å². The topological polar surface area (TPSA) is 46.6 Å². The van der Waals surface area contributed by atoms with Gasteiger partial charge in [-0.15, -0.1) is 0 Å². The third-order valence-corrected chi connectivity index (χ3v) is 5.54. The summed E-state index contributed by atoms with van der Waals surface area (Å²) in [7, 11) is -3.80. The predicted molar refractivity (Wildman–Crippen MR) is 93.8 cm³/mol. The quantitative estimate of drug-likeness (QED) is 0.804. The standard InChI is InChI=1S/C18H23NO3S/c1-5-19(6-2)23(20,21)22-18-13-8-7-11-17(18)16-12-9-10-14(3)15(16)4/h7-13H,5-6H2,1-4H3. The van der Waals surface area contributed by atoms with Crippen LogP contribution in [0.15, 0.2) is 42.5 Å². The van der Waals surface area contributed by atoms with E-state index in [1.54, 1.807) is 26.0 Å². The number of rotatable bonds is 6. The maximum atomic E-state index is 12.4. The van der Waals surface area contributed by atoms with Gasteiger partial charge in [-0.2, -0.15) is 12.7 Å².